The molecule has 0 radical (unpaired) electrons. The molecule has 2 rings (SSSR count). The number of alkyl halides is 1. The van der Waals surface area contributed by atoms with Crippen LogP contribution in [0.2, 0.25) is 0 Å². The lowest BCUT2D eigenvalue weighted by atomic mass is 10.0. The van der Waals surface area contributed by atoms with Crippen LogP contribution in [0.1, 0.15) is 11.7 Å². The van der Waals surface area contributed by atoms with Crippen molar-refractivity contribution in [1.29, 1.82) is 0 Å². The van der Waals surface area contributed by atoms with Gasteiger partial charge >= 0.3 is 0 Å². The smallest absolute Gasteiger partial charge is 0.125 e. The Morgan fingerprint density at radius 3 is 3.00 bits per heavy atom. The second-order valence-electron chi connectivity index (χ2n) is 2.95. The minimum absolute atomic E-state index is 0.0192. The third kappa shape index (κ3) is 1.75. The summed E-state index contributed by atoms with van der Waals surface area (Å²) < 4.78 is 6.39. The van der Waals surface area contributed by atoms with E-state index in [2.05, 4.69) is 31.9 Å². The molecule has 1 aromatic rings. The predicted octanol–water partition coefficient (Wildman–Crippen LogP) is 2.64. The van der Waals surface area contributed by atoms with Crippen LogP contribution >= 0.6 is 31.9 Å². The van der Waals surface area contributed by atoms with Crippen molar-refractivity contribution >= 4 is 31.9 Å². The average molecular weight is 308 g/mol. The number of hydrogen-bond acceptors (Lipinski definition) is 2. The molecule has 0 amide bonds. The number of aliphatic hydroxyl groups excluding tert-OH is 1. The highest BCUT2D eigenvalue weighted by atomic mass is 79.9. The lowest BCUT2D eigenvalue weighted by molar-refractivity contribution is 0.125. The minimum atomic E-state index is -0.485. The summed E-state index contributed by atoms with van der Waals surface area (Å²) in [6, 6.07) is 5.65. The monoisotopic (exact) mass is 306 g/mol. The fourth-order valence-corrected chi connectivity index (χ4v) is 2.13. The van der Waals surface area contributed by atoms with Crippen molar-refractivity contribution in [2.24, 2.45) is 0 Å². The third-order valence-electron chi connectivity index (χ3n) is 2.03. The number of aliphatic hydroxyl groups is 1. The van der Waals surface area contributed by atoms with Gasteiger partial charge in [-0.05, 0) is 18.2 Å². The van der Waals surface area contributed by atoms with Crippen LogP contribution in [0, 0.1) is 0 Å². The van der Waals surface area contributed by atoms with Crippen LogP contribution in [-0.4, -0.2) is 16.5 Å². The molecule has 0 fully saturated rings. The molecule has 0 saturated carbocycles. The highest BCUT2D eigenvalue weighted by Crippen LogP contribution is 2.36. The highest BCUT2D eigenvalue weighted by Gasteiger charge is 2.27. The Kier molecular flexibility index (Phi) is 2.62. The van der Waals surface area contributed by atoms with Gasteiger partial charge in [0.1, 0.15) is 12.4 Å². The largest absolute Gasteiger partial charge is 0.492 e. The molecule has 13 heavy (non-hydrogen) atoms. The number of rotatable bonds is 0. The van der Waals surface area contributed by atoms with E-state index in [1.807, 2.05) is 18.2 Å². The first-order valence-electron chi connectivity index (χ1n) is 3.93. The first-order valence-corrected chi connectivity index (χ1v) is 5.64. The highest BCUT2D eigenvalue weighted by molar-refractivity contribution is 9.10. The van der Waals surface area contributed by atoms with Crippen LogP contribution in [0.25, 0.3) is 0 Å². The summed E-state index contributed by atoms with van der Waals surface area (Å²) in [7, 11) is 0. The Labute approximate surface area is 93.2 Å². The molecule has 0 aromatic heterocycles. The van der Waals surface area contributed by atoms with Crippen LogP contribution < -0.4 is 4.74 Å². The maximum Gasteiger partial charge on any atom is 0.125 e. The number of halogens is 2. The Bertz CT molecular complexity index is 327. The summed E-state index contributed by atoms with van der Waals surface area (Å²) in [4.78, 5) is -0.0192. The molecule has 1 aliphatic heterocycles. The molecule has 1 aliphatic rings. The van der Waals surface area contributed by atoms with Crippen molar-refractivity contribution in [3.8, 4) is 5.75 Å². The summed E-state index contributed by atoms with van der Waals surface area (Å²) in [6.07, 6.45) is -0.485. The summed E-state index contributed by atoms with van der Waals surface area (Å²) >= 11 is 6.71. The lowest BCUT2D eigenvalue weighted by Crippen LogP contribution is -2.25. The standard InChI is InChI=1S/C9H8Br2O2/c10-5-1-2-8-6(3-5)9(12)7(11)4-13-8/h1-3,7,9,12H,4H2/t7-,9-/m0/s1. The molecule has 1 N–H and O–H groups in total. The van der Waals surface area contributed by atoms with Gasteiger partial charge in [-0.2, -0.15) is 0 Å². The first-order chi connectivity index (χ1) is 6.18. The van der Waals surface area contributed by atoms with Crippen molar-refractivity contribution in [3.05, 3.63) is 28.2 Å². The zero-order chi connectivity index (χ0) is 9.42. The molecule has 2 nitrogen and oxygen atoms in total. The summed E-state index contributed by atoms with van der Waals surface area (Å²) in [6.45, 7) is 0.510. The van der Waals surface area contributed by atoms with Gasteiger partial charge in [0, 0.05) is 10.0 Å². The average Bonchev–Trinajstić information content (AvgIpc) is 2.12. The molecule has 4 heteroatoms. The van der Waals surface area contributed by atoms with Gasteiger partial charge < -0.3 is 9.84 Å². The van der Waals surface area contributed by atoms with Crippen LogP contribution in [0.5, 0.6) is 5.75 Å². The topological polar surface area (TPSA) is 29.5 Å². The molecule has 70 valence electrons. The van der Waals surface area contributed by atoms with E-state index in [-0.39, 0.29) is 4.83 Å². The SMILES string of the molecule is O[C@H]1c2cc(Br)ccc2OC[C@@H]1Br. The molecule has 2 atom stereocenters. The van der Waals surface area contributed by atoms with Gasteiger partial charge in [-0.3, -0.25) is 0 Å². The zero-order valence-electron chi connectivity index (χ0n) is 6.71. The van der Waals surface area contributed by atoms with Gasteiger partial charge in [0.25, 0.3) is 0 Å². The Balaban J connectivity index is 2.45. The zero-order valence-corrected chi connectivity index (χ0v) is 9.88. The third-order valence-corrected chi connectivity index (χ3v) is 3.29. The number of hydrogen-bond donors (Lipinski definition) is 1. The molecule has 1 heterocycles. The van der Waals surface area contributed by atoms with Crippen LogP contribution in [0.3, 0.4) is 0 Å². The first kappa shape index (κ1) is 9.49. The fraction of sp³-hybridized carbons (Fsp3) is 0.333. The van der Waals surface area contributed by atoms with Gasteiger partial charge in [0.15, 0.2) is 0 Å². The quantitative estimate of drug-likeness (QED) is 0.747. The summed E-state index contributed by atoms with van der Waals surface area (Å²) in [5.41, 5.74) is 0.836. The second kappa shape index (κ2) is 3.59. The molecule has 0 spiro atoms. The Morgan fingerprint density at radius 2 is 2.23 bits per heavy atom. The van der Waals surface area contributed by atoms with E-state index >= 15 is 0 Å². The minimum Gasteiger partial charge on any atom is -0.492 e. The fourth-order valence-electron chi connectivity index (χ4n) is 1.34. The van der Waals surface area contributed by atoms with Crippen molar-refractivity contribution in [3.63, 3.8) is 0 Å². The van der Waals surface area contributed by atoms with E-state index in [4.69, 9.17) is 4.74 Å². The van der Waals surface area contributed by atoms with Crippen molar-refractivity contribution in [2.75, 3.05) is 6.61 Å². The van der Waals surface area contributed by atoms with Crippen molar-refractivity contribution < 1.29 is 9.84 Å². The van der Waals surface area contributed by atoms with E-state index in [9.17, 15) is 5.11 Å². The van der Waals surface area contributed by atoms with Gasteiger partial charge in [0.2, 0.25) is 0 Å². The van der Waals surface area contributed by atoms with Gasteiger partial charge in [-0.25, -0.2) is 0 Å². The number of fused-ring (bicyclic) bond motifs is 1. The predicted molar refractivity (Wildman–Crippen MR) is 57.3 cm³/mol. The van der Waals surface area contributed by atoms with E-state index in [1.165, 1.54) is 0 Å². The van der Waals surface area contributed by atoms with E-state index in [0.29, 0.717) is 6.61 Å². The molecular formula is C9H8Br2O2. The molecule has 0 bridgehead atoms. The summed E-state index contributed by atoms with van der Waals surface area (Å²) in [5.74, 6) is 0.770. The Morgan fingerprint density at radius 1 is 1.46 bits per heavy atom. The van der Waals surface area contributed by atoms with Gasteiger partial charge in [-0.15, -0.1) is 0 Å². The summed E-state index contributed by atoms with van der Waals surface area (Å²) in [5, 5.41) is 9.81. The molecule has 0 unspecified atom stereocenters. The van der Waals surface area contributed by atoms with E-state index < -0.39 is 6.10 Å². The number of ether oxygens (including phenoxy) is 1. The molecule has 0 aliphatic carbocycles. The second-order valence-corrected chi connectivity index (χ2v) is 5.05. The Hall–Kier alpha value is -0.0600. The molecule has 1 aromatic carbocycles. The normalized spacial score (nSPS) is 26.4. The van der Waals surface area contributed by atoms with Crippen molar-refractivity contribution in [1.82, 2.24) is 0 Å². The molecule has 0 saturated heterocycles. The van der Waals surface area contributed by atoms with Crippen LogP contribution in [-0.2, 0) is 0 Å². The van der Waals surface area contributed by atoms with Crippen LogP contribution in [0.4, 0.5) is 0 Å². The maximum atomic E-state index is 9.81. The lowest BCUT2D eigenvalue weighted by Gasteiger charge is -2.26. The maximum absolute atomic E-state index is 9.81. The van der Waals surface area contributed by atoms with Crippen LogP contribution in [0.15, 0.2) is 22.7 Å². The van der Waals surface area contributed by atoms with Crippen molar-refractivity contribution in [2.45, 2.75) is 10.9 Å². The number of benzene rings is 1. The van der Waals surface area contributed by atoms with E-state index in [0.717, 1.165) is 15.8 Å². The van der Waals surface area contributed by atoms with E-state index in [1.54, 1.807) is 0 Å². The van der Waals surface area contributed by atoms with Gasteiger partial charge in [0.05, 0.1) is 10.9 Å². The molecular weight excluding hydrogens is 300 g/mol. The van der Waals surface area contributed by atoms with Gasteiger partial charge in [-0.1, -0.05) is 31.9 Å².